The number of halogens is 1. The molecule has 0 amide bonds. The highest BCUT2D eigenvalue weighted by Gasteiger charge is 2.05. The van der Waals surface area contributed by atoms with Crippen molar-refractivity contribution >= 4 is 34.7 Å². The number of rotatable bonds is 4. The van der Waals surface area contributed by atoms with Crippen LogP contribution in [0.1, 0.15) is 17.0 Å². The molecule has 2 heterocycles. The molecule has 0 fully saturated rings. The van der Waals surface area contributed by atoms with Crippen LogP contribution in [0.15, 0.2) is 35.4 Å². The van der Waals surface area contributed by atoms with Crippen LogP contribution in [0, 0.1) is 13.8 Å². The third-order valence-electron chi connectivity index (χ3n) is 3.35. The van der Waals surface area contributed by atoms with Gasteiger partial charge in [-0.2, -0.15) is 5.10 Å². The number of methoxy groups -OCH3 is 1. The molecule has 6 nitrogen and oxygen atoms in total. The molecule has 1 aromatic carbocycles. The van der Waals surface area contributed by atoms with E-state index in [2.05, 4.69) is 25.5 Å². The van der Waals surface area contributed by atoms with E-state index >= 15 is 0 Å². The Balaban J connectivity index is 1.86. The molecule has 0 spiro atoms. The van der Waals surface area contributed by atoms with Crippen LogP contribution < -0.4 is 10.2 Å². The molecule has 0 saturated carbocycles. The van der Waals surface area contributed by atoms with E-state index in [-0.39, 0.29) is 0 Å². The van der Waals surface area contributed by atoms with Crippen LogP contribution in [0.5, 0.6) is 5.75 Å². The molecule has 0 aliphatic carbocycles. The Morgan fingerprint density at radius 1 is 1.08 bits per heavy atom. The lowest BCUT2D eigenvalue weighted by Crippen LogP contribution is -2.00. The van der Waals surface area contributed by atoms with E-state index in [4.69, 9.17) is 16.3 Å². The Hall–Kier alpha value is -2.73. The van der Waals surface area contributed by atoms with Gasteiger partial charge in [0, 0.05) is 22.3 Å². The largest absolute Gasteiger partial charge is 0.497 e. The van der Waals surface area contributed by atoms with E-state index in [9.17, 15) is 0 Å². The lowest BCUT2D eigenvalue weighted by atomic mass is 10.1. The smallest absolute Gasteiger partial charge is 0.243 e. The fraction of sp³-hybridized carbons (Fsp3) is 0.176. The van der Waals surface area contributed by atoms with Gasteiger partial charge in [0.1, 0.15) is 10.9 Å². The summed E-state index contributed by atoms with van der Waals surface area (Å²) in [5, 5.41) is 5.44. The Morgan fingerprint density at radius 3 is 2.54 bits per heavy atom. The van der Waals surface area contributed by atoms with Crippen molar-refractivity contribution in [1.82, 2.24) is 15.0 Å². The first-order chi connectivity index (χ1) is 11.5. The van der Waals surface area contributed by atoms with Crippen molar-refractivity contribution < 1.29 is 4.74 Å². The average Bonchev–Trinajstić information content (AvgIpc) is 2.54. The summed E-state index contributed by atoms with van der Waals surface area (Å²) >= 11 is 6.22. The number of ether oxygens (including phenoxy) is 1. The Bertz CT molecular complexity index is 906. The Labute approximate surface area is 144 Å². The van der Waals surface area contributed by atoms with Crippen LogP contribution in [0.2, 0.25) is 5.15 Å². The molecule has 7 heteroatoms. The number of hydrazone groups is 1. The van der Waals surface area contributed by atoms with Gasteiger partial charge in [-0.1, -0.05) is 11.6 Å². The molecule has 0 aliphatic rings. The monoisotopic (exact) mass is 341 g/mol. The normalized spacial score (nSPS) is 11.2. The minimum Gasteiger partial charge on any atom is -0.497 e. The third kappa shape index (κ3) is 3.60. The molecule has 3 aromatic rings. The van der Waals surface area contributed by atoms with Crippen LogP contribution in [-0.4, -0.2) is 28.3 Å². The number of nitrogens with zero attached hydrogens (tertiary/aromatic N) is 4. The van der Waals surface area contributed by atoms with E-state index in [0.717, 1.165) is 28.0 Å². The first-order valence-corrected chi connectivity index (χ1v) is 7.68. The lowest BCUT2D eigenvalue weighted by molar-refractivity contribution is 0.415. The molecule has 1 N–H and O–H groups in total. The van der Waals surface area contributed by atoms with Crippen molar-refractivity contribution in [3.63, 3.8) is 0 Å². The van der Waals surface area contributed by atoms with Crippen molar-refractivity contribution in [3.8, 4) is 5.75 Å². The second kappa shape index (κ2) is 6.80. The molecular weight excluding hydrogens is 326 g/mol. The minimum absolute atomic E-state index is 0.375. The fourth-order valence-electron chi connectivity index (χ4n) is 2.30. The van der Waals surface area contributed by atoms with Gasteiger partial charge in [0.2, 0.25) is 5.95 Å². The third-order valence-corrected chi connectivity index (χ3v) is 3.66. The first-order valence-electron chi connectivity index (χ1n) is 7.31. The van der Waals surface area contributed by atoms with E-state index in [1.165, 1.54) is 0 Å². The standard InChI is InChI=1S/C17H16ClN5O/c1-10-6-11(2)21-17(20-10)23-19-9-13-7-12-8-14(24-3)4-5-15(12)22-16(13)18/h4-9H,1-3H3,(H,20,21,23)/b19-9-. The maximum absolute atomic E-state index is 6.22. The van der Waals surface area contributed by atoms with Gasteiger partial charge in [0.05, 0.1) is 18.8 Å². The van der Waals surface area contributed by atoms with E-state index in [1.807, 2.05) is 44.2 Å². The molecule has 24 heavy (non-hydrogen) atoms. The van der Waals surface area contributed by atoms with Crippen LogP contribution in [0.4, 0.5) is 5.95 Å². The number of fused-ring (bicyclic) bond motifs is 1. The molecular formula is C17H16ClN5O. The summed E-state index contributed by atoms with van der Waals surface area (Å²) in [5.41, 5.74) is 6.04. The van der Waals surface area contributed by atoms with Crippen molar-refractivity contribution in [2.24, 2.45) is 5.10 Å². The average molecular weight is 342 g/mol. The van der Waals surface area contributed by atoms with Gasteiger partial charge in [-0.25, -0.2) is 20.4 Å². The van der Waals surface area contributed by atoms with Crippen molar-refractivity contribution in [2.75, 3.05) is 12.5 Å². The summed E-state index contributed by atoms with van der Waals surface area (Å²) in [6.45, 7) is 3.81. The summed E-state index contributed by atoms with van der Waals surface area (Å²) in [4.78, 5) is 12.9. The zero-order chi connectivity index (χ0) is 17.1. The highest BCUT2D eigenvalue weighted by atomic mass is 35.5. The van der Waals surface area contributed by atoms with E-state index in [1.54, 1.807) is 13.3 Å². The molecule has 122 valence electrons. The molecule has 0 atom stereocenters. The van der Waals surface area contributed by atoms with Crippen molar-refractivity contribution in [1.29, 1.82) is 0 Å². The SMILES string of the molecule is COc1ccc2nc(Cl)c(/C=N\Nc3nc(C)cc(C)n3)cc2c1. The van der Waals surface area contributed by atoms with Crippen LogP contribution in [-0.2, 0) is 0 Å². The lowest BCUT2D eigenvalue weighted by Gasteiger charge is -2.05. The zero-order valence-corrected chi connectivity index (χ0v) is 14.3. The maximum atomic E-state index is 6.22. The summed E-state index contributed by atoms with van der Waals surface area (Å²) in [6, 6.07) is 9.41. The van der Waals surface area contributed by atoms with Crippen molar-refractivity contribution in [3.05, 3.63) is 52.4 Å². The number of anilines is 1. The minimum atomic E-state index is 0.375. The van der Waals surface area contributed by atoms with Gasteiger partial charge in [-0.3, -0.25) is 0 Å². The quantitative estimate of drug-likeness (QED) is 0.444. The second-order valence-corrected chi connectivity index (χ2v) is 5.63. The van der Waals surface area contributed by atoms with Gasteiger partial charge in [-0.05, 0) is 44.2 Å². The van der Waals surface area contributed by atoms with Gasteiger partial charge in [0.15, 0.2) is 0 Å². The number of aromatic nitrogens is 3. The number of benzene rings is 1. The number of pyridine rings is 1. The maximum Gasteiger partial charge on any atom is 0.243 e. The molecule has 0 radical (unpaired) electrons. The van der Waals surface area contributed by atoms with Gasteiger partial charge < -0.3 is 4.74 Å². The Kier molecular flexibility index (Phi) is 4.57. The van der Waals surface area contributed by atoms with E-state index < -0.39 is 0 Å². The Morgan fingerprint density at radius 2 is 1.83 bits per heavy atom. The predicted octanol–water partition coefficient (Wildman–Crippen LogP) is 3.75. The molecule has 2 aromatic heterocycles. The number of aryl methyl sites for hydroxylation is 2. The number of hydrogen-bond acceptors (Lipinski definition) is 6. The summed E-state index contributed by atoms with van der Waals surface area (Å²) < 4.78 is 5.23. The molecule has 0 saturated heterocycles. The predicted molar refractivity (Wildman–Crippen MR) is 96.0 cm³/mol. The summed E-state index contributed by atoms with van der Waals surface area (Å²) in [7, 11) is 1.63. The molecule has 3 rings (SSSR count). The molecule has 0 bridgehead atoms. The number of nitrogens with one attached hydrogen (secondary N) is 1. The summed E-state index contributed by atoms with van der Waals surface area (Å²) in [5.74, 6) is 1.20. The fourth-order valence-corrected chi connectivity index (χ4v) is 2.49. The van der Waals surface area contributed by atoms with Gasteiger partial charge >= 0.3 is 0 Å². The second-order valence-electron chi connectivity index (χ2n) is 5.27. The zero-order valence-electron chi connectivity index (χ0n) is 13.5. The first kappa shape index (κ1) is 16.1. The molecule has 0 unspecified atom stereocenters. The number of hydrogen-bond donors (Lipinski definition) is 1. The topological polar surface area (TPSA) is 72.3 Å². The van der Waals surface area contributed by atoms with Crippen LogP contribution >= 0.6 is 11.6 Å². The highest BCUT2D eigenvalue weighted by molar-refractivity contribution is 6.32. The van der Waals surface area contributed by atoms with Crippen molar-refractivity contribution in [2.45, 2.75) is 13.8 Å². The highest BCUT2D eigenvalue weighted by Crippen LogP contribution is 2.23. The van der Waals surface area contributed by atoms with Gasteiger partial charge in [0.25, 0.3) is 0 Å². The van der Waals surface area contributed by atoms with Gasteiger partial charge in [-0.15, -0.1) is 0 Å². The van der Waals surface area contributed by atoms with E-state index in [0.29, 0.717) is 16.7 Å². The van der Waals surface area contributed by atoms with Crippen LogP contribution in [0.25, 0.3) is 10.9 Å². The molecule has 0 aliphatic heterocycles. The summed E-state index contributed by atoms with van der Waals surface area (Å²) in [6.07, 6.45) is 1.59. The van der Waals surface area contributed by atoms with Crippen LogP contribution in [0.3, 0.4) is 0 Å².